The van der Waals surface area contributed by atoms with Crippen LogP contribution in [0.3, 0.4) is 0 Å². The van der Waals surface area contributed by atoms with Crippen LogP contribution in [0.25, 0.3) is 5.57 Å². The zero-order chi connectivity index (χ0) is 20.1. The molecule has 0 unspecified atom stereocenters. The smallest absolute Gasteiger partial charge is 0.251 e. The number of amides is 2. The summed E-state index contributed by atoms with van der Waals surface area (Å²) >= 11 is 12.7. The van der Waals surface area contributed by atoms with Gasteiger partial charge >= 0.3 is 0 Å². The first kappa shape index (κ1) is 18.8. The number of rotatable bonds is 4. The number of hydrogen-bond donors (Lipinski definition) is 2. The lowest BCUT2D eigenvalue weighted by Gasteiger charge is -2.36. The summed E-state index contributed by atoms with van der Waals surface area (Å²) in [6.45, 7) is 3.76. The molecule has 144 valence electrons. The fourth-order valence-corrected chi connectivity index (χ4v) is 4.28. The zero-order valence-electron chi connectivity index (χ0n) is 15.2. The predicted octanol–water partition coefficient (Wildman–Crippen LogP) is 4.92. The summed E-state index contributed by atoms with van der Waals surface area (Å²) in [7, 11) is 1.52. The first-order valence-corrected chi connectivity index (χ1v) is 9.65. The van der Waals surface area contributed by atoms with Gasteiger partial charge in [0.15, 0.2) is 5.75 Å². The maximum Gasteiger partial charge on any atom is 0.251 e. The van der Waals surface area contributed by atoms with Gasteiger partial charge in [0.05, 0.1) is 15.5 Å². The lowest BCUT2D eigenvalue weighted by molar-refractivity contribution is -0.123. The monoisotopic (exact) mass is 416 g/mol. The molecule has 2 aromatic rings. The van der Waals surface area contributed by atoms with Gasteiger partial charge in [-0.3, -0.25) is 9.59 Å². The highest BCUT2D eigenvalue weighted by atomic mass is 35.5. The highest BCUT2D eigenvalue weighted by Crippen LogP contribution is 2.52. The van der Waals surface area contributed by atoms with Gasteiger partial charge in [0.25, 0.3) is 5.91 Å². The van der Waals surface area contributed by atoms with E-state index in [9.17, 15) is 9.59 Å². The number of likely N-dealkylation sites (N-methyl/N-ethyl adjacent to an activating group) is 1. The molecule has 1 fully saturated rings. The van der Waals surface area contributed by atoms with Gasteiger partial charge in [-0.05, 0) is 54.3 Å². The van der Waals surface area contributed by atoms with Crippen LogP contribution in [0.4, 0.5) is 5.69 Å². The molecule has 1 heterocycles. The first-order chi connectivity index (χ1) is 13.4. The van der Waals surface area contributed by atoms with Gasteiger partial charge in [0, 0.05) is 18.3 Å². The van der Waals surface area contributed by atoms with Crippen molar-refractivity contribution in [3.63, 3.8) is 0 Å². The van der Waals surface area contributed by atoms with Crippen LogP contribution in [0.1, 0.15) is 30.4 Å². The van der Waals surface area contributed by atoms with Crippen molar-refractivity contribution in [1.29, 1.82) is 0 Å². The number of benzene rings is 2. The molecule has 5 nitrogen and oxygen atoms in total. The number of hydrogen-bond acceptors (Lipinski definition) is 3. The molecule has 2 aromatic carbocycles. The Balaban J connectivity index is 1.65. The molecule has 2 amide bonds. The van der Waals surface area contributed by atoms with Crippen molar-refractivity contribution in [2.75, 3.05) is 12.4 Å². The SMILES string of the molecule is C=C(C(=O)NC)c1cc(Cl)c(Oc2ccc3c(c2)C2(CCC2)C(=O)N3)c(Cl)c1. The minimum atomic E-state index is -0.433. The van der Waals surface area contributed by atoms with Crippen molar-refractivity contribution in [1.82, 2.24) is 5.32 Å². The van der Waals surface area contributed by atoms with E-state index in [1.165, 1.54) is 7.05 Å². The van der Waals surface area contributed by atoms with Gasteiger partial charge in [0.1, 0.15) is 5.75 Å². The van der Waals surface area contributed by atoms with Crippen molar-refractivity contribution in [2.45, 2.75) is 24.7 Å². The summed E-state index contributed by atoms with van der Waals surface area (Å²) < 4.78 is 5.95. The normalized spacial score (nSPS) is 16.2. The Bertz CT molecular complexity index is 1010. The highest BCUT2D eigenvalue weighted by molar-refractivity contribution is 6.38. The van der Waals surface area contributed by atoms with Crippen molar-refractivity contribution in [2.24, 2.45) is 0 Å². The molecule has 0 aromatic heterocycles. The van der Waals surface area contributed by atoms with Gasteiger partial charge in [-0.2, -0.15) is 0 Å². The Labute approximate surface area is 172 Å². The van der Waals surface area contributed by atoms with Crippen LogP contribution in [-0.4, -0.2) is 18.9 Å². The largest absolute Gasteiger partial charge is 0.454 e. The topological polar surface area (TPSA) is 67.4 Å². The molecule has 0 bridgehead atoms. The molecule has 0 saturated heterocycles. The number of ether oxygens (including phenoxy) is 1. The lowest BCUT2D eigenvalue weighted by atomic mass is 9.65. The second-order valence-electron chi connectivity index (χ2n) is 7.03. The van der Waals surface area contributed by atoms with E-state index in [1.807, 2.05) is 12.1 Å². The van der Waals surface area contributed by atoms with Gasteiger partial charge < -0.3 is 15.4 Å². The predicted molar refractivity (Wildman–Crippen MR) is 110 cm³/mol. The van der Waals surface area contributed by atoms with Crippen LogP contribution in [-0.2, 0) is 15.0 Å². The summed E-state index contributed by atoms with van der Waals surface area (Å²) in [6.07, 6.45) is 2.71. The van der Waals surface area contributed by atoms with Gasteiger partial charge in [-0.25, -0.2) is 0 Å². The molecule has 1 saturated carbocycles. The van der Waals surface area contributed by atoms with E-state index in [1.54, 1.807) is 18.2 Å². The Hall–Kier alpha value is -2.50. The number of halogens is 2. The maximum atomic E-state index is 12.4. The number of carbonyl (C=O) groups excluding carboxylic acids is 2. The van der Waals surface area contributed by atoms with E-state index in [-0.39, 0.29) is 33.2 Å². The van der Waals surface area contributed by atoms with Crippen molar-refractivity contribution in [3.05, 3.63) is 58.1 Å². The van der Waals surface area contributed by atoms with E-state index in [0.717, 1.165) is 30.5 Å². The van der Waals surface area contributed by atoms with Crippen molar-refractivity contribution in [3.8, 4) is 11.5 Å². The molecule has 2 N–H and O–H groups in total. The highest BCUT2D eigenvalue weighted by Gasteiger charge is 2.51. The Morgan fingerprint density at radius 1 is 1.21 bits per heavy atom. The molecule has 1 aliphatic heterocycles. The molecule has 28 heavy (non-hydrogen) atoms. The molecule has 1 spiro atoms. The van der Waals surface area contributed by atoms with Crippen LogP contribution in [0, 0.1) is 0 Å². The van der Waals surface area contributed by atoms with Crippen LogP contribution < -0.4 is 15.4 Å². The summed E-state index contributed by atoms with van der Waals surface area (Å²) in [5.74, 6) is 0.571. The fraction of sp³-hybridized carbons (Fsp3) is 0.238. The summed E-state index contributed by atoms with van der Waals surface area (Å²) in [6, 6.07) is 8.65. The van der Waals surface area contributed by atoms with E-state index in [0.29, 0.717) is 11.3 Å². The van der Waals surface area contributed by atoms with Crippen LogP contribution in [0.15, 0.2) is 36.9 Å². The van der Waals surface area contributed by atoms with Gasteiger partial charge in [-0.1, -0.05) is 36.2 Å². The quantitative estimate of drug-likeness (QED) is 0.694. The summed E-state index contributed by atoms with van der Waals surface area (Å²) in [5, 5.41) is 5.99. The summed E-state index contributed by atoms with van der Waals surface area (Å²) in [5.41, 5.74) is 2.12. The third-order valence-corrected chi connectivity index (χ3v) is 6.03. The second kappa shape index (κ2) is 6.83. The molecule has 2 aliphatic rings. The van der Waals surface area contributed by atoms with Crippen LogP contribution in [0.2, 0.25) is 10.0 Å². The molecule has 7 heteroatoms. The second-order valence-corrected chi connectivity index (χ2v) is 7.84. The van der Waals surface area contributed by atoms with Crippen LogP contribution >= 0.6 is 23.2 Å². The van der Waals surface area contributed by atoms with Crippen molar-refractivity contribution < 1.29 is 14.3 Å². The third kappa shape index (κ3) is 2.86. The summed E-state index contributed by atoms with van der Waals surface area (Å²) in [4.78, 5) is 24.1. The van der Waals surface area contributed by atoms with Gasteiger partial charge in [0.2, 0.25) is 5.91 Å². The van der Waals surface area contributed by atoms with E-state index < -0.39 is 5.41 Å². The first-order valence-electron chi connectivity index (χ1n) is 8.90. The fourth-order valence-electron chi connectivity index (χ4n) is 3.71. The third-order valence-electron chi connectivity index (χ3n) is 5.46. The Morgan fingerprint density at radius 2 is 1.89 bits per heavy atom. The minimum absolute atomic E-state index is 0.0547. The Morgan fingerprint density at radius 3 is 2.46 bits per heavy atom. The minimum Gasteiger partial charge on any atom is -0.454 e. The average Bonchev–Trinajstić information content (AvgIpc) is 2.94. The molecule has 4 rings (SSSR count). The number of nitrogens with one attached hydrogen (secondary N) is 2. The molecule has 0 atom stereocenters. The molecule has 0 radical (unpaired) electrons. The van der Waals surface area contributed by atoms with E-state index in [4.69, 9.17) is 27.9 Å². The van der Waals surface area contributed by atoms with E-state index in [2.05, 4.69) is 17.2 Å². The number of carbonyl (C=O) groups is 2. The molecule has 1 aliphatic carbocycles. The Kier molecular flexibility index (Phi) is 4.60. The van der Waals surface area contributed by atoms with Crippen LogP contribution in [0.5, 0.6) is 11.5 Å². The number of anilines is 1. The van der Waals surface area contributed by atoms with Crippen molar-refractivity contribution >= 4 is 46.3 Å². The van der Waals surface area contributed by atoms with Gasteiger partial charge in [-0.15, -0.1) is 0 Å². The maximum absolute atomic E-state index is 12.4. The molecular weight excluding hydrogens is 399 g/mol. The zero-order valence-corrected chi connectivity index (χ0v) is 16.7. The number of fused-ring (bicyclic) bond motifs is 2. The molecular formula is C21H18Cl2N2O3. The average molecular weight is 417 g/mol. The lowest BCUT2D eigenvalue weighted by Crippen LogP contribution is -2.40. The standard InChI is InChI=1S/C21H18Cl2N2O3/c1-11(19(26)24-2)12-8-15(22)18(16(23)9-12)28-13-4-5-17-14(10-13)21(6-3-7-21)20(27)25-17/h4-5,8-10H,1,3,6-7H2,2H3,(H,24,26)(H,25,27). The van der Waals surface area contributed by atoms with E-state index >= 15 is 0 Å².